The average Bonchev–Trinajstić information content (AvgIpc) is 3.49. The van der Waals surface area contributed by atoms with Crippen LogP contribution < -0.4 is 5.32 Å². The first kappa shape index (κ1) is 20.9. The summed E-state index contributed by atoms with van der Waals surface area (Å²) in [6.07, 6.45) is 2.19. The van der Waals surface area contributed by atoms with Gasteiger partial charge in [-0.25, -0.2) is 0 Å². The Hall–Kier alpha value is -2.38. The molecule has 1 aliphatic rings. The molecule has 0 bridgehead atoms. The Morgan fingerprint density at radius 1 is 1.43 bits per heavy atom. The molecule has 0 saturated carbocycles. The highest BCUT2D eigenvalue weighted by Crippen LogP contribution is 2.29. The van der Waals surface area contributed by atoms with Crippen molar-refractivity contribution >= 4 is 46.3 Å². The average molecular weight is 460 g/mol. The summed E-state index contributed by atoms with van der Waals surface area (Å²) in [5.41, 5.74) is 0.914. The van der Waals surface area contributed by atoms with E-state index in [1.807, 2.05) is 28.1 Å². The van der Waals surface area contributed by atoms with Gasteiger partial charge >= 0.3 is 0 Å². The molecule has 2 aromatic heterocycles. The predicted molar refractivity (Wildman–Crippen MR) is 118 cm³/mol. The van der Waals surface area contributed by atoms with Crippen LogP contribution in [0.25, 0.3) is 10.7 Å². The number of hydrogen-bond donors (Lipinski definition) is 1. The van der Waals surface area contributed by atoms with Crippen molar-refractivity contribution in [2.24, 2.45) is 0 Å². The van der Waals surface area contributed by atoms with Crippen molar-refractivity contribution < 1.29 is 9.53 Å². The van der Waals surface area contributed by atoms with E-state index in [2.05, 4.69) is 15.5 Å². The van der Waals surface area contributed by atoms with E-state index in [1.165, 1.54) is 11.8 Å². The Labute approximate surface area is 187 Å². The van der Waals surface area contributed by atoms with Crippen LogP contribution in [0.15, 0.2) is 40.9 Å². The molecule has 1 aliphatic heterocycles. The van der Waals surface area contributed by atoms with Crippen molar-refractivity contribution in [1.29, 1.82) is 5.26 Å². The minimum Gasteiger partial charge on any atom is -0.376 e. The van der Waals surface area contributed by atoms with Crippen LogP contribution in [-0.4, -0.2) is 39.1 Å². The van der Waals surface area contributed by atoms with E-state index in [0.29, 0.717) is 28.0 Å². The molecular weight excluding hydrogens is 442 g/mol. The number of nitriles is 1. The number of halogens is 1. The molecule has 1 aromatic carbocycles. The van der Waals surface area contributed by atoms with Crippen LogP contribution in [0.2, 0.25) is 5.02 Å². The third-order valence-corrected chi connectivity index (χ3v) is 6.72. The number of anilines is 1. The minimum absolute atomic E-state index is 0.133. The smallest absolute Gasteiger partial charge is 0.234 e. The first-order chi connectivity index (χ1) is 14.6. The number of aromatic nitrogens is 3. The number of nitrogens with one attached hydrogen (secondary N) is 1. The summed E-state index contributed by atoms with van der Waals surface area (Å²) >= 11 is 8.96. The fourth-order valence-electron chi connectivity index (χ4n) is 3.15. The number of nitrogens with zero attached hydrogens (tertiary/aromatic N) is 4. The van der Waals surface area contributed by atoms with E-state index in [0.717, 1.165) is 30.2 Å². The molecule has 7 nitrogen and oxygen atoms in total. The van der Waals surface area contributed by atoms with Gasteiger partial charge in [0.25, 0.3) is 0 Å². The van der Waals surface area contributed by atoms with Gasteiger partial charge in [-0.1, -0.05) is 29.4 Å². The molecule has 1 amide bonds. The highest BCUT2D eigenvalue weighted by molar-refractivity contribution is 7.99. The Morgan fingerprint density at radius 2 is 2.33 bits per heavy atom. The molecule has 154 valence electrons. The lowest BCUT2D eigenvalue weighted by atomic mass is 10.2. The monoisotopic (exact) mass is 459 g/mol. The van der Waals surface area contributed by atoms with Crippen molar-refractivity contribution in [3.63, 3.8) is 0 Å². The van der Waals surface area contributed by atoms with Crippen molar-refractivity contribution in [3.05, 3.63) is 46.3 Å². The lowest BCUT2D eigenvalue weighted by Crippen LogP contribution is -2.18. The van der Waals surface area contributed by atoms with Gasteiger partial charge in [-0.05, 0) is 42.5 Å². The van der Waals surface area contributed by atoms with Gasteiger partial charge in [-0.15, -0.1) is 21.5 Å². The number of benzene rings is 1. The van der Waals surface area contributed by atoms with Crippen molar-refractivity contribution in [1.82, 2.24) is 14.8 Å². The number of carbonyl (C=O) groups is 1. The number of amides is 1. The molecule has 1 unspecified atom stereocenters. The van der Waals surface area contributed by atoms with Crippen LogP contribution in [0.5, 0.6) is 0 Å². The van der Waals surface area contributed by atoms with Crippen LogP contribution in [0.4, 0.5) is 5.69 Å². The first-order valence-corrected chi connectivity index (χ1v) is 11.6. The SMILES string of the molecule is N#Cc1ccc(NC(=O)CSc2nnc(-c3cccs3)n2CC2CCCO2)cc1Cl. The van der Waals surface area contributed by atoms with Gasteiger partial charge < -0.3 is 10.1 Å². The summed E-state index contributed by atoms with van der Waals surface area (Å²) in [6, 6.07) is 10.8. The fraction of sp³-hybridized carbons (Fsp3) is 0.300. The van der Waals surface area contributed by atoms with E-state index in [-0.39, 0.29) is 17.8 Å². The number of thiophene rings is 1. The summed E-state index contributed by atoms with van der Waals surface area (Å²) in [5, 5.41) is 23.4. The third-order valence-electron chi connectivity index (χ3n) is 4.57. The molecule has 1 saturated heterocycles. The highest BCUT2D eigenvalue weighted by Gasteiger charge is 2.22. The van der Waals surface area contributed by atoms with Crippen molar-refractivity contribution in [3.8, 4) is 16.8 Å². The Bertz CT molecular complexity index is 1070. The molecule has 4 rings (SSSR count). The predicted octanol–water partition coefficient (Wildman–Crippen LogP) is 4.44. The second-order valence-electron chi connectivity index (χ2n) is 6.67. The highest BCUT2D eigenvalue weighted by atomic mass is 35.5. The topological polar surface area (TPSA) is 92.8 Å². The molecule has 0 radical (unpaired) electrons. The number of carbonyl (C=O) groups excluding carboxylic acids is 1. The summed E-state index contributed by atoms with van der Waals surface area (Å²) in [7, 11) is 0. The number of rotatable bonds is 7. The normalized spacial score (nSPS) is 15.8. The molecular formula is C20H18ClN5O2S2. The summed E-state index contributed by atoms with van der Waals surface area (Å²) in [5.74, 6) is 0.776. The van der Waals surface area contributed by atoms with Crippen LogP contribution >= 0.6 is 34.7 Å². The molecule has 0 spiro atoms. The van der Waals surface area contributed by atoms with Gasteiger partial charge in [-0.3, -0.25) is 9.36 Å². The first-order valence-electron chi connectivity index (χ1n) is 9.35. The zero-order valence-corrected chi connectivity index (χ0v) is 18.3. The Kier molecular flexibility index (Phi) is 6.69. The zero-order valence-electron chi connectivity index (χ0n) is 15.9. The van der Waals surface area contributed by atoms with Gasteiger partial charge in [0.1, 0.15) is 6.07 Å². The molecule has 1 atom stereocenters. The summed E-state index contributed by atoms with van der Waals surface area (Å²) in [4.78, 5) is 13.5. The second kappa shape index (κ2) is 9.62. The van der Waals surface area contributed by atoms with E-state index >= 15 is 0 Å². The van der Waals surface area contributed by atoms with Gasteiger partial charge in [0.2, 0.25) is 5.91 Å². The van der Waals surface area contributed by atoms with Crippen molar-refractivity contribution in [2.75, 3.05) is 17.7 Å². The number of ether oxygens (including phenoxy) is 1. The number of hydrogen-bond acceptors (Lipinski definition) is 7. The fourth-order valence-corrected chi connectivity index (χ4v) is 4.84. The van der Waals surface area contributed by atoms with E-state index in [4.69, 9.17) is 21.6 Å². The second-order valence-corrected chi connectivity index (χ2v) is 8.97. The Balaban J connectivity index is 1.45. The molecule has 1 fully saturated rings. The van der Waals surface area contributed by atoms with E-state index in [1.54, 1.807) is 29.5 Å². The Morgan fingerprint density at radius 3 is 3.03 bits per heavy atom. The molecule has 0 aliphatic carbocycles. The standard InChI is InChI=1S/C20H18ClN5O2S2/c21-16-9-14(6-5-13(16)10-22)23-18(27)12-30-20-25-24-19(17-4-2-8-29-17)26(20)11-15-3-1-7-28-15/h2,4-6,8-9,15H,1,3,7,11-12H2,(H,23,27). The maximum absolute atomic E-state index is 12.4. The van der Waals surface area contributed by atoms with E-state index in [9.17, 15) is 4.79 Å². The minimum atomic E-state index is -0.190. The van der Waals surface area contributed by atoms with Gasteiger partial charge in [0, 0.05) is 12.3 Å². The van der Waals surface area contributed by atoms with Gasteiger partial charge in [-0.2, -0.15) is 5.26 Å². The van der Waals surface area contributed by atoms with Crippen LogP contribution in [-0.2, 0) is 16.1 Å². The van der Waals surface area contributed by atoms with Crippen LogP contribution in [0, 0.1) is 11.3 Å². The van der Waals surface area contributed by atoms with Gasteiger partial charge in [0.15, 0.2) is 11.0 Å². The van der Waals surface area contributed by atoms with E-state index < -0.39 is 0 Å². The molecule has 30 heavy (non-hydrogen) atoms. The lowest BCUT2D eigenvalue weighted by Gasteiger charge is -2.14. The molecule has 3 aromatic rings. The maximum Gasteiger partial charge on any atom is 0.234 e. The quantitative estimate of drug-likeness (QED) is 0.525. The maximum atomic E-state index is 12.4. The van der Waals surface area contributed by atoms with Crippen LogP contribution in [0.1, 0.15) is 18.4 Å². The third kappa shape index (κ3) is 4.84. The molecule has 1 N–H and O–H groups in total. The molecule has 10 heteroatoms. The number of thioether (sulfide) groups is 1. The molecule has 3 heterocycles. The summed E-state index contributed by atoms with van der Waals surface area (Å²) < 4.78 is 7.83. The summed E-state index contributed by atoms with van der Waals surface area (Å²) in [6.45, 7) is 1.44. The van der Waals surface area contributed by atoms with Crippen molar-refractivity contribution in [2.45, 2.75) is 30.6 Å². The zero-order chi connectivity index (χ0) is 20.9. The van der Waals surface area contributed by atoms with Gasteiger partial charge in [0.05, 0.1) is 33.9 Å². The van der Waals surface area contributed by atoms with Crippen LogP contribution in [0.3, 0.4) is 0 Å². The largest absolute Gasteiger partial charge is 0.376 e. The lowest BCUT2D eigenvalue weighted by molar-refractivity contribution is -0.113.